The van der Waals surface area contributed by atoms with Gasteiger partial charge in [0.05, 0.1) is 10.9 Å². The van der Waals surface area contributed by atoms with Crippen molar-refractivity contribution >= 4 is 29.3 Å². The first-order chi connectivity index (χ1) is 10.6. The Kier molecular flexibility index (Phi) is 4.69. The van der Waals surface area contributed by atoms with Crippen LogP contribution < -0.4 is 10.6 Å². The lowest BCUT2D eigenvalue weighted by Crippen LogP contribution is -2.44. The van der Waals surface area contributed by atoms with Gasteiger partial charge in [0.25, 0.3) is 0 Å². The van der Waals surface area contributed by atoms with Crippen molar-refractivity contribution in [1.29, 1.82) is 0 Å². The molecule has 2 heterocycles. The Morgan fingerprint density at radius 1 is 1.36 bits per heavy atom. The average molecular weight is 319 g/mol. The molecule has 1 fully saturated rings. The Morgan fingerprint density at radius 3 is 2.86 bits per heavy atom. The van der Waals surface area contributed by atoms with Gasteiger partial charge < -0.3 is 15.5 Å². The molecule has 1 aromatic carbocycles. The van der Waals surface area contributed by atoms with E-state index in [0.29, 0.717) is 0 Å². The molecule has 22 heavy (non-hydrogen) atoms. The Bertz CT molecular complexity index is 570. The molecule has 2 N–H and O–H groups in total. The van der Waals surface area contributed by atoms with Crippen molar-refractivity contribution in [2.24, 2.45) is 0 Å². The van der Waals surface area contributed by atoms with Gasteiger partial charge in [-0.3, -0.25) is 9.59 Å². The highest BCUT2D eigenvalue weighted by Gasteiger charge is 2.29. The molecule has 1 aromatic rings. The Balaban J connectivity index is 1.54. The SMILES string of the molecule is CN1CCC(NC(=O)C[C@H]2Sc3ccccc3NC2=O)CC1. The monoisotopic (exact) mass is 319 g/mol. The Morgan fingerprint density at radius 2 is 2.09 bits per heavy atom. The van der Waals surface area contributed by atoms with Crippen LogP contribution in [0, 0.1) is 0 Å². The maximum atomic E-state index is 12.2. The van der Waals surface area contributed by atoms with Crippen LogP contribution in [-0.2, 0) is 9.59 Å². The summed E-state index contributed by atoms with van der Waals surface area (Å²) in [4.78, 5) is 27.6. The summed E-state index contributed by atoms with van der Waals surface area (Å²) in [6.45, 7) is 2.02. The maximum absolute atomic E-state index is 12.2. The van der Waals surface area contributed by atoms with E-state index in [1.165, 1.54) is 11.8 Å². The van der Waals surface area contributed by atoms with Crippen molar-refractivity contribution in [3.8, 4) is 0 Å². The summed E-state index contributed by atoms with van der Waals surface area (Å²) in [6.07, 6.45) is 2.20. The number of carbonyl (C=O) groups is 2. The van der Waals surface area contributed by atoms with Gasteiger partial charge in [0, 0.05) is 17.4 Å². The van der Waals surface area contributed by atoms with E-state index in [2.05, 4.69) is 22.6 Å². The van der Waals surface area contributed by atoms with E-state index in [-0.39, 0.29) is 29.5 Å². The fraction of sp³-hybridized carbons (Fsp3) is 0.500. The minimum Gasteiger partial charge on any atom is -0.353 e. The second kappa shape index (κ2) is 6.71. The van der Waals surface area contributed by atoms with Crippen LogP contribution in [0.2, 0.25) is 0 Å². The molecule has 0 saturated carbocycles. The smallest absolute Gasteiger partial charge is 0.238 e. The van der Waals surface area contributed by atoms with Gasteiger partial charge in [0.1, 0.15) is 0 Å². The van der Waals surface area contributed by atoms with Gasteiger partial charge in [-0.25, -0.2) is 0 Å². The lowest BCUT2D eigenvalue weighted by molar-refractivity contribution is -0.124. The van der Waals surface area contributed by atoms with Crippen LogP contribution >= 0.6 is 11.8 Å². The number of amides is 2. The van der Waals surface area contributed by atoms with E-state index in [4.69, 9.17) is 0 Å². The highest BCUT2D eigenvalue weighted by Crippen LogP contribution is 2.36. The van der Waals surface area contributed by atoms with Crippen LogP contribution in [0.3, 0.4) is 0 Å². The molecule has 2 aliphatic rings. The number of rotatable bonds is 3. The van der Waals surface area contributed by atoms with Crippen LogP contribution in [0.15, 0.2) is 29.2 Å². The molecule has 0 spiro atoms. The second-order valence-electron chi connectivity index (χ2n) is 5.94. The van der Waals surface area contributed by atoms with Crippen molar-refractivity contribution in [3.63, 3.8) is 0 Å². The quantitative estimate of drug-likeness (QED) is 0.890. The summed E-state index contributed by atoms with van der Waals surface area (Å²) in [6, 6.07) is 7.94. The van der Waals surface area contributed by atoms with Crippen LogP contribution in [0.1, 0.15) is 19.3 Å². The number of hydrogen-bond donors (Lipinski definition) is 2. The third kappa shape index (κ3) is 3.62. The van der Waals surface area contributed by atoms with Crippen LogP contribution in [0.25, 0.3) is 0 Å². The zero-order valence-corrected chi connectivity index (χ0v) is 13.5. The largest absolute Gasteiger partial charge is 0.353 e. The summed E-state index contributed by atoms with van der Waals surface area (Å²) in [5, 5.41) is 5.60. The molecule has 6 heteroatoms. The summed E-state index contributed by atoms with van der Waals surface area (Å²) in [7, 11) is 2.10. The fourth-order valence-electron chi connectivity index (χ4n) is 2.83. The molecule has 0 aromatic heterocycles. The molecular weight excluding hydrogens is 298 g/mol. The fourth-order valence-corrected chi connectivity index (χ4v) is 3.95. The van der Waals surface area contributed by atoms with E-state index in [0.717, 1.165) is 36.5 Å². The highest BCUT2D eigenvalue weighted by atomic mass is 32.2. The molecule has 0 aliphatic carbocycles. The summed E-state index contributed by atoms with van der Waals surface area (Å²) in [5.41, 5.74) is 0.837. The van der Waals surface area contributed by atoms with Crippen molar-refractivity contribution in [1.82, 2.24) is 10.2 Å². The van der Waals surface area contributed by atoms with Crippen LogP contribution in [0.4, 0.5) is 5.69 Å². The number of hydrogen-bond acceptors (Lipinski definition) is 4. The van der Waals surface area contributed by atoms with Gasteiger partial charge in [0.15, 0.2) is 0 Å². The zero-order chi connectivity index (χ0) is 15.5. The minimum atomic E-state index is -0.346. The molecule has 1 atom stereocenters. The number of carbonyl (C=O) groups excluding carboxylic acids is 2. The van der Waals surface area contributed by atoms with Crippen LogP contribution in [0.5, 0.6) is 0 Å². The molecule has 0 unspecified atom stereocenters. The zero-order valence-electron chi connectivity index (χ0n) is 12.7. The molecule has 0 radical (unpaired) electrons. The number of para-hydroxylation sites is 1. The third-order valence-corrected chi connectivity index (χ3v) is 5.44. The Hall–Kier alpha value is -1.53. The standard InChI is InChI=1S/C16H21N3O2S/c1-19-8-6-11(7-9-19)17-15(20)10-14-16(21)18-12-4-2-3-5-13(12)22-14/h2-5,11,14H,6-10H2,1H3,(H,17,20)(H,18,21)/t14-/m1/s1. The van der Waals surface area contributed by atoms with Gasteiger partial charge in [0.2, 0.25) is 11.8 Å². The molecular formula is C16H21N3O2S. The van der Waals surface area contributed by atoms with Crippen molar-refractivity contribution in [2.45, 2.75) is 35.4 Å². The van der Waals surface area contributed by atoms with E-state index in [1.54, 1.807) is 0 Å². The number of likely N-dealkylation sites (tertiary alicyclic amines) is 1. The van der Waals surface area contributed by atoms with Crippen molar-refractivity contribution < 1.29 is 9.59 Å². The summed E-state index contributed by atoms with van der Waals surface area (Å²) >= 11 is 1.47. The van der Waals surface area contributed by atoms with Gasteiger partial charge >= 0.3 is 0 Å². The molecule has 3 rings (SSSR count). The lowest BCUT2D eigenvalue weighted by atomic mass is 10.1. The molecule has 2 amide bonds. The maximum Gasteiger partial charge on any atom is 0.238 e. The molecule has 118 valence electrons. The number of fused-ring (bicyclic) bond motifs is 1. The van der Waals surface area contributed by atoms with Gasteiger partial charge in [-0.15, -0.1) is 11.8 Å². The topological polar surface area (TPSA) is 61.4 Å². The van der Waals surface area contributed by atoms with Gasteiger partial charge in [-0.2, -0.15) is 0 Å². The lowest BCUT2D eigenvalue weighted by Gasteiger charge is -2.30. The number of piperidine rings is 1. The normalized spacial score (nSPS) is 22.8. The summed E-state index contributed by atoms with van der Waals surface area (Å²) in [5.74, 6) is -0.108. The first-order valence-corrected chi connectivity index (χ1v) is 8.54. The predicted molar refractivity (Wildman–Crippen MR) is 88.0 cm³/mol. The van der Waals surface area contributed by atoms with E-state index in [9.17, 15) is 9.59 Å². The second-order valence-corrected chi connectivity index (χ2v) is 7.19. The van der Waals surface area contributed by atoms with E-state index >= 15 is 0 Å². The first-order valence-electron chi connectivity index (χ1n) is 7.66. The number of thioether (sulfide) groups is 1. The third-order valence-electron chi connectivity index (χ3n) is 4.16. The minimum absolute atomic E-state index is 0.0263. The van der Waals surface area contributed by atoms with E-state index in [1.807, 2.05) is 24.3 Å². The van der Waals surface area contributed by atoms with Crippen LogP contribution in [-0.4, -0.2) is 48.1 Å². The van der Waals surface area contributed by atoms with E-state index < -0.39 is 0 Å². The molecule has 2 aliphatic heterocycles. The van der Waals surface area contributed by atoms with Crippen molar-refractivity contribution in [2.75, 3.05) is 25.5 Å². The molecule has 5 nitrogen and oxygen atoms in total. The number of nitrogens with zero attached hydrogens (tertiary/aromatic N) is 1. The predicted octanol–water partition coefficient (Wildman–Crippen LogP) is 1.70. The Labute approximate surface area is 134 Å². The highest BCUT2D eigenvalue weighted by molar-refractivity contribution is 8.01. The van der Waals surface area contributed by atoms with Gasteiger partial charge in [-0.1, -0.05) is 12.1 Å². The molecule has 1 saturated heterocycles. The first kappa shape index (κ1) is 15.4. The average Bonchev–Trinajstić information content (AvgIpc) is 2.50. The number of anilines is 1. The van der Waals surface area contributed by atoms with Crippen molar-refractivity contribution in [3.05, 3.63) is 24.3 Å². The molecule has 0 bridgehead atoms. The number of nitrogens with one attached hydrogen (secondary N) is 2. The number of benzene rings is 1. The van der Waals surface area contributed by atoms with Gasteiger partial charge in [-0.05, 0) is 45.1 Å². The summed E-state index contributed by atoms with van der Waals surface area (Å²) < 4.78 is 0.